The highest BCUT2D eigenvalue weighted by Crippen LogP contribution is 2.21. The second-order valence-corrected chi connectivity index (χ2v) is 6.14. The van der Waals surface area contributed by atoms with Crippen LogP contribution in [-0.2, 0) is 4.79 Å². The van der Waals surface area contributed by atoms with Crippen LogP contribution in [0.1, 0.15) is 18.9 Å². The number of pyridine rings is 1. The number of likely N-dealkylation sites (N-methyl/N-ethyl adjacent to an activating group) is 1. The molecule has 1 aliphatic rings. The summed E-state index contributed by atoms with van der Waals surface area (Å²) in [5.41, 5.74) is 0. The Balaban J connectivity index is 1.60. The maximum absolute atomic E-state index is 12.5. The summed E-state index contributed by atoms with van der Waals surface area (Å²) in [5.74, 6) is 0.821. The van der Waals surface area contributed by atoms with Crippen molar-refractivity contribution in [1.29, 1.82) is 0 Å². The SMILES string of the molecule is CN(CC(=O)N1CCC[C@@H](n2cncn2)C1)c1ccc(Cl)cn1. The molecule has 23 heavy (non-hydrogen) atoms. The number of anilines is 1. The van der Waals surface area contributed by atoms with E-state index in [0.717, 1.165) is 25.2 Å². The number of aromatic nitrogens is 4. The van der Waals surface area contributed by atoms with E-state index < -0.39 is 0 Å². The van der Waals surface area contributed by atoms with Crippen LogP contribution in [0.3, 0.4) is 0 Å². The average Bonchev–Trinajstić information content (AvgIpc) is 3.10. The quantitative estimate of drug-likeness (QED) is 0.850. The number of carbonyl (C=O) groups excluding carboxylic acids is 1. The molecule has 3 rings (SSSR count). The molecule has 1 amide bonds. The molecule has 1 saturated heterocycles. The number of hydrogen-bond acceptors (Lipinski definition) is 5. The first-order chi connectivity index (χ1) is 11.1. The fraction of sp³-hybridized carbons (Fsp3) is 0.467. The lowest BCUT2D eigenvalue weighted by Gasteiger charge is -2.33. The van der Waals surface area contributed by atoms with E-state index in [1.54, 1.807) is 18.6 Å². The van der Waals surface area contributed by atoms with Crippen LogP contribution in [0.4, 0.5) is 5.82 Å². The third-order valence-electron chi connectivity index (χ3n) is 4.04. The monoisotopic (exact) mass is 334 g/mol. The van der Waals surface area contributed by atoms with Gasteiger partial charge in [0.25, 0.3) is 0 Å². The van der Waals surface area contributed by atoms with E-state index in [-0.39, 0.29) is 11.9 Å². The lowest BCUT2D eigenvalue weighted by molar-refractivity contribution is -0.131. The molecule has 1 fully saturated rings. The first kappa shape index (κ1) is 15.7. The summed E-state index contributed by atoms with van der Waals surface area (Å²) in [6.07, 6.45) is 6.81. The molecular weight excluding hydrogens is 316 g/mol. The van der Waals surface area contributed by atoms with Gasteiger partial charge in [0.05, 0.1) is 17.6 Å². The number of hydrogen-bond donors (Lipinski definition) is 0. The second kappa shape index (κ2) is 6.95. The number of nitrogens with zero attached hydrogens (tertiary/aromatic N) is 6. The largest absolute Gasteiger partial charge is 0.350 e. The molecule has 8 heteroatoms. The van der Waals surface area contributed by atoms with E-state index in [1.807, 2.05) is 27.6 Å². The van der Waals surface area contributed by atoms with Crippen molar-refractivity contribution in [2.75, 3.05) is 31.6 Å². The zero-order valence-electron chi connectivity index (χ0n) is 13.0. The van der Waals surface area contributed by atoms with Gasteiger partial charge in [0, 0.05) is 26.3 Å². The van der Waals surface area contributed by atoms with Crippen LogP contribution in [0, 0.1) is 0 Å². The van der Waals surface area contributed by atoms with Crippen LogP contribution in [0.2, 0.25) is 5.02 Å². The molecular formula is C15H19ClN6O. The van der Waals surface area contributed by atoms with Crippen molar-refractivity contribution in [3.63, 3.8) is 0 Å². The van der Waals surface area contributed by atoms with Gasteiger partial charge in [0.15, 0.2) is 0 Å². The zero-order valence-corrected chi connectivity index (χ0v) is 13.7. The van der Waals surface area contributed by atoms with Crippen LogP contribution in [0.5, 0.6) is 0 Å². The van der Waals surface area contributed by atoms with Crippen LogP contribution in [0.25, 0.3) is 0 Å². The molecule has 0 bridgehead atoms. The van der Waals surface area contributed by atoms with Crippen LogP contribution in [-0.4, -0.2) is 57.2 Å². The minimum absolute atomic E-state index is 0.0917. The summed E-state index contributed by atoms with van der Waals surface area (Å²) in [6.45, 7) is 1.74. The fourth-order valence-electron chi connectivity index (χ4n) is 2.78. The minimum atomic E-state index is 0.0917. The van der Waals surface area contributed by atoms with E-state index in [2.05, 4.69) is 15.1 Å². The summed E-state index contributed by atoms with van der Waals surface area (Å²) in [5, 5.41) is 4.77. The molecule has 0 unspecified atom stereocenters. The lowest BCUT2D eigenvalue weighted by Crippen LogP contribution is -2.45. The molecule has 2 aromatic heterocycles. The Morgan fingerprint density at radius 2 is 2.35 bits per heavy atom. The highest BCUT2D eigenvalue weighted by Gasteiger charge is 2.25. The topological polar surface area (TPSA) is 67.2 Å². The van der Waals surface area contributed by atoms with Gasteiger partial charge in [-0.25, -0.2) is 14.6 Å². The smallest absolute Gasteiger partial charge is 0.242 e. The first-order valence-electron chi connectivity index (χ1n) is 7.58. The number of amides is 1. The van der Waals surface area contributed by atoms with E-state index in [9.17, 15) is 4.79 Å². The summed E-state index contributed by atoms with van der Waals surface area (Å²) >= 11 is 5.84. The Kier molecular flexibility index (Phi) is 4.76. The van der Waals surface area contributed by atoms with Crippen LogP contribution in [0.15, 0.2) is 31.0 Å². The molecule has 0 radical (unpaired) electrons. The first-order valence-corrected chi connectivity index (χ1v) is 7.96. The molecule has 1 aliphatic heterocycles. The average molecular weight is 335 g/mol. The van der Waals surface area contributed by atoms with Gasteiger partial charge in [0.2, 0.25) is 5.91 Å². The highest BCUT2D eigenvalue weighted by molar-refractivity contribution is 6.30. The van der Waals surface area contributed by atoms with Crippen LogP contribution >= 0.6 is 11.6 Å². The van der Waals surface area contributed by atoms with Crippen molar-refractivity contribution in [3.05, 3.63) is 36.0 Å². The van der Waals surface area contributed by atoms with Gasteiger partial charge >= 0.3 is 0 Å². The summed E-state index contributed by atoms with van der Waals surface area (Å²) < 4.78 is 1.84. The highest BCUT2D eigenvalue weighted by atomic mass is 35.5. The van der Waals surface area contributed by atoms with Crippen molar-refractivity contribution < 1.29 is 4.79 Å². The van der Waals surface area contributed by atoms with Gasteiger partial charge in [-0.15, -0.1) is 0 Å². The molecule has 0 aliphatic carbocycles. The van der Waals surface area contributed by atoms with E-state index in [1.165, 1.54) is 6.33 Å². The normalized spacial score (nSPS) is 18.0. The van der Waals surface area contributed by atoms with Crippen molar-refractivity contribution in [2.45, 2.75) is 18.9 Å². The second-order valence-electron chi connectivity index (χ2n) is 5.70. The number of halogens is 1. The third kappa shape index (κ3) is 3.79. The predicted octanol–water partition coefficient (Wildman–Crippen LogP) is 1.63. The summed E-state index contributed by atoms with van der Waals surface area (Å²) in [6, 6.07) is 3.78. The standard InChI is InChI=1S/C15H19ClN6O/c1-20(14-5-4-12(16)7-18-14)9-15(23)21-6-2-3-13(8-21)22-11-17-10-19-22/h4-5,7,10-11,13H,2-3,6,8-9H2,1H3/t13-/m1/s1. The molecule has 122 valence electrons. The maximum atomic E-state index is 12.5. The van der Waals surface area contributed by atoms with Gasteiger partial charge in [0.1, 0.15) is 18.5 Å². The lowest BCUT2D eigenvalue weighted by atomic mass is 10.1. The maximum Gasteiger partial charge on any atom is 0.242 e. The molecule has 3 heterocycles. The molecule has 7 nitrogen and oxygen atoms in total. The van der Waals surface area contributed by atoms with E-state index >= 15 is 0 Å². The van der Waals surface area contributed by atoms with Gasteiger partial charge < -0.3 is 9.80 Å². The van der Waals surface area contributed by atoms with Gasteiger partial charge in [-0.05, 0) is 25.0 Å². The Labute approximate surface area is 139 Å². The van der Waals surface area contributed by atoms with Crippen molar-refractivity contribution in [3.8, 4) is 0 Å². The Bertz CT molecular complexity index is 644. The molecule has 0 N–H and O–H groups in total. The number of likely N-dealkylation sites (tertiary alicyclic amines) is 1. The molecule has 2 aromatic rings. The van der Waals surface area contributed by atoms with Crippen molar-refractivity contribution in [1.82, 2.24) is 24.6 Å². The Morgan fingerprint density at radius 3 is 3.04 bits per heavy atom. The van der Waals surface area contributed by atoms with Crippen molar-refractivity contribution >= 4 is 23.3 Å². The van der Waals surface area contributed by atoms with Crippen LogP contribution < -0.4 is 4.90 Å². The molecule has 0 spiro atoms. The Morgan fingerprint density at radius 1 is 1.48 bits per heavy atom. The number of rotatable bonds is 4. The summed E-state index contributed by atoms with van der Waals surface area (Å²) in [4.78, 5) is 24.5. The van der Waals surface area contributed by atoms with Gasteiger partial charge in [-0.1, -0.05) is 11.6 Å². The molecule has 0 saturated carbocycles. The van der Waals surface area contributed by atoms with Crippen molar-refractivity contribution in [2.24, 2.45) is 0 Å². The van der Waals surface area contributed by atoms with Gasteiger partial charge in [-0.2, -0.15) is 5.10 Å². The molecule has 0 aromatic carbocycles. The molecule has 1 atom stereocenters. The fourth-order valence-corrected chi connectivity index (χ4v) is 2.89. The third-order valence-corrected chi connectivity index (χ3v) is 4.26. The van der Waals surface area contributed by atoms with E-state index in [4.69, 9.17) is 11.6 Å². The minimum Gasteiger partial charge on any atom is -0.350 e. The summed E-state index contributed by atoms with van der Waals surface area (Å²) in [7, 11) is 1.85. The number of carbonyl (C=O) groups is 1. The van der Waals surface area contributed by atoms with Gasteiger partial charge in [-0.3, -0.25) is 4.79 Å². The Hall–Kier alpha value is -2.15. The zero-order chi connectivity index (χ0) is 16.2. The van der Waals surface area contributed by atoms with E-state index in [0.29, 0.717) is 18.1 Å². The number of piperidine rings is 1. The predicted molar refractivity (Wildman–Crippen MR) is 87.4 cm³/mol.